The molecule has 0 bridgehead atoms. The smallest absolute Gasteiger partial charge is 0.264 e. The van der Waals surface area contributed by atoms with E-state index in [0.717, 1.165) is 71.9 Å². The number of allylic oxidation sites excluding steroid dienone is 1. The van der Waals surface area contributed by atoms with Crippen LogP contribution in [0.4, 0.5) is 5.69 Å². The summed E-state index contributed by atoms with van der Waals surface area (Å²) in [5, 5.41) is 28.3. The highest BCUT2D eigenvalue weighted by molar-refractivity contribution is 6.25. The zero-order valence-corrected chi connectivity index (χ0v) is 33.6. The van der Waals surface area contributed by atoms with Crippen molar-refractivity contribution in [3.8, 4) is 17.2 Å². The molecule has 3 aliphatic rings. The summed E-state index contributed by atoms with van der Waals surface area (Å²) in [7, 11) is 0. The molecular formula is C46H50N6O8. The molecule has 4 aromatic rings. The van der Waals surface area contributed by atoms with Gasteiger partial charge in [-0.3, -0.25) is 39.1 Å². The number of anilines is 1. The van der Waals surface area contributed by atoms with Gasteiger partial charge >= 0.3 is 0 Å². The maximum Gasteiger partial charge on any atom is 0.264 e. The first-order valence-electron chi connectivity index (χ1n) is 20.4. The van der Waals surface area contributed by atoms with Gasteiger partial charge in [0.15, 0.2) is 0 Å². The van der Waals surface area contributed by atoms with E-state index >= 15 is 0 Å². The zero-order chi connectivity index (χ0) is 42.2. The molecule has 7 rings (SSSR count). The van der Waals surface area contributed by atoms with Gasteiger partial charge in [0.25, 0.3) is 11.8 Å². The van der Waals surface area contributed by atoms with Crippen molar-refractivity contribution in [2.75, 3.05) is 64.3 Å². The summed E-state index contributed by atoms with van der Waals surface area (Å²) >= 11 is 0. The third kappa shape index (κ3) is 9.67. The first-order chi connectivity index (χ1) is 29.1. The fourth-order valence-corrected chi connectivity index (χ4v) is 8.00. The number of nitrogens with one attached hydrogen (secondary N) is 3. The Kier molecular flexibility index (Phi) is 13.2. The second kappa shape index (κ2) is 19.0. The number of ether oxygens (including phenoxy) is 1. The molecule has 60 heavy (non-hydrogen) atoms. The number of phenols is 2. The Balaban J connectivity index is 0.818. The predicted molar refractivity (Wildman–Crippen MR) is 226 cm³/mol. The van der Waals surface area contributed by atoms with Gasteiger partial charge in [-0.2, -0.15) is 0 Å². The Morgan fingerprint density at radius 1 is 0.767 bits per heavy atom. The maximum atomic E-state index is 13.4. The van der Waals surface area contributed by atoms with Crippen LogP contribution in [0.2, 0.25) is 0 Å². The van der Waals surface area contributed by atoms with E-state index in [1.165, 1.54) is 0 Å². The van der Waals surface area contributed by atoms with Crippen molar-refractivity contribution in [2.45, 2.75) is 38.6 Å². The molecule has 3 aliphatic heterocycles. The molecule has 14 nitrogen and oxygen atoms in total. The number of piperazine rings is 1. The topological polar surface area (TPSA) is 181 Å². The lowest BCUT2D eigenvalue weighted by Crippen LogP contribution is -2.54. The van der Waals surface area contributed by atoms with Crippen LogP contribution in [0.3, 0.4) is 0 Å². The molecule has 1 unspecified atom stereocenters. The SMILES string of the molecule is CCC(=C(c1ccc(O)cc1)c1ccc(OCCNC(=O)CCN2CCN(CCNc3cccc4c3C(=O)N(C3CCC(=O)NC3=O)C4=O)CC2)cc1)c1ccc(O)cc1. The highest BCUT2D eigenvalue weighted by Crippen LogP contribution is 2.36. The molecule has 2 fully saturated rings. The lowest BCUT2D eigenvalue weighted by atomic mass is 9.88. The number of hydrogen-bond donors (Lipinski definition) is 5. The molecule has 3 heterocycles. The van der Waals surface area contributed by atoms with Crippen LogP contribution in [-0.2, 0) is 14.4 Å². The number of carbonyl (C=O) groups excluding carboxylic acids is 5. The van der Waals surface area contributed by atoms with E-state index < -0.39 is 29.7 Å². The summed E-state index contributed by atoms with van der Waals surface area (Å²) in [6.07, 6.45) is 1.30. The Morgan fingerprint density at radius 3 is 2.02 bits per heavy atom. The number of rotatable bonds is 16. The van der Waals surface area contributed by atoms with Crippen molar-refractivity contribution in [2.24, 2.45) is 0 Å². The van der Waals surface area contributed by atoms with Gasteiger partial charge in [-0.15, -0.1) is 0 Å². The van der Waals surface area contributed by atoms with Crippen LogP contribution in [0.25, 0.3) is 11.1 Å². The molecule has 312 valence electrons. The van der Waals surface area contributed by atoms with Gasteiger partial charge in [0.1, 0.15) is 29.9 Å². The van der Waals surface area contributed by atoms with E-state index in [1.54, 1.807) is 42.5 Å². The van der Waals surface area contributed by atoms with E-state index in [0.29, 0.717) is 44.1 Å². The number of imide groups is 2. The summed E-state index contributed by atoms with van der Waals surface area (Å²) in [5.41, 5.74) is 6.09. The van der Waals surface area contributed by atoms with Crippen molar-refractivity contribution < 1.29 is 38.9 Å². The molecule has 0 aliphatic carbocycles. The molecule has 0 spiro atoms. The van der Waals surface area contributed by atoms with Crippen LogP contribution >= 0.6 is 0 Å². The lowest BCUT2D eigenvalue weighted by molar-refractivity contribution is -0.136. The predicted octanol–water partition coefficient (Wildman–Crippen LogP) is 4.48. The summed E-state index contributed by atoms with van der Waals surface area (Å²) in [6.45, 7) is 7.99. The van der Waals surface area contributed by atoms with E-state index in [2.05, 4.69) is 32.7 Å². The molecule has 5 amide bonds. The lowest BCUT2D eigenvalue weighted by Gasteiger charge is -2.34. The van der Waals surface area contributed by atoms with Crippen LogP contribution < -0.4 is 20.7 Å². The Morgan fingerprint density at radius 2 is 1.38 bits per heavy atom. The fourth-order valence-electron chi connectivity index (χ4n) is 8.00. The summed E-state index contributed by atoms with van der Waals surface area (Å²) < 4.78 is 5.96. The average Bonchev–Trinajstić information content (AvgIpc) is 3.51. The summed E-state index contributed by atoms with van der Waals surface area (Å²) in [5.74, 6) is -1.07. The highest BCUT2D eigenvalue weighted by atomic mass is 16.5. The molecule has 0 aromatic heterocycles. The largest absolute Gasteiger partial charge is 0.508 e. The van der Waals surface area contributed by atoms with Crippen LogP contribution in [0.15, 0.2) is 91.0 Å². The molecule has 14 heteroatoms. The second-order valence-electron chi connectivity index (χ2n) is 15.1. The van der Waals surface area contributed by atoms with Gasteiger partial charge in [0.05, 0.1) is 17.7 Å². The number of hydrogen-bond acceptors (Lipinski definition) is 11. The minimum atomic E-state index is -1.01. The third-order valence-corrected chi connectivity index (χ3v) is 11.2. The molecule has 1 atom stereocenters. The molecule has 4 aromatic carbocycles. The molecule has 0 saturated carbocycles. The van der Waals surface area contributed by atoms with Crippen LogP contribution in [0.5, 0.6) is 17.2 Å². The highest BCUT2D eigenvalue weighted by Gasteiger charge is 2.45. The first kappa shape index (κ1) is 41.6. The van der Waals surface area contributed by atoms with Crippen LogP contribution in [0.1, 0.15) is 70.0 Å². The zero-order valence-electron chi connectivity index (χ0n) is 33.6. The maximum absolute atomic E-state index is 13.4. The van der Waals surface area contributed by atoms with Crippen molar-refractivity contribution in [1.29, 1.82) is 0 Å². The molecule has 0 radical (unpaired) electrons. The minimum Gasteiger partial charge on any atom is -0.508 e. The fraction of sp³-hybridized carbons (Fsp3) is 0.326. The third-order valence-electron chi connectivity index (χ3n) is 11.2. The molecule has 2 saturated heterocycles. The van der Waals surface area contributed by atoms with Crippen LogP contribution in [0, 0.1) is 0 Å². The van der Waals surface area contributed by atoms with Crippen molar-refractivity contribution in [3.63, 3.8) is 0 Å². The standard InChI is InChI=1S/C46H50N6O8/c1-2-36(30-6-12-33(53)13-7-30)42(31-8-14-34(54)15-9-31)32-10-16-35(17-11-32)60-29-22-48-40(55)20-23-50-25-27-51(28-26-50)24-21-47-38-5-3-4-37-43(38)46(59)52(45(37)58)39-18-19-41(56)49-44(39)57/h3-17,39,47,53-54H,2,18-29H2,1H3,(H,48,55)(H,49,56,57). The number of fused-ring (bicyclic) bond motifs is 1. The van der Waals surface area contributed by atoms with Gasteiger partial charge < -0.3 is 30.5 Å². The normalized spacial score (nSPS) is 17.6. The summed E-state index contributed by atoms with van der Waals surface area (Å²) in [6, 6.07) is 26.2. The quantitative estimate of drug-likeness (QED) is 0.0612. The monoisotopic (exact) mass is 814 g/mol. The Labute approximate surface area is 348 Å². The van der Waals surface area contributed by atoms with E-state index in [-0.39, 0.29) is 41.4 Å². The Hall–Kier alpha value is -6.51. The van der Waals surface area contributed by atoms with Gasteiger partial charge in [-0.05, 0) is 89.2 Å². The van der Waals surface area contributed by atoms with Crippen molar-refractivity contribution >= 4 is 46.4 Å². The minimum absolute atomic E-state index is 0.0369. The molecular weight excluding hydrogens is 765 g/mol. The number of benzene rings is 4. The van der Waals surface area contributed by atoms with Gasteiger partial charge in [-0.25, -0.2) is 0 Å². The van der Waals surface area contributed by atoms with Gasteiger partial charge in [0, 0.05) is 64.3 Å². The number of amides is 5. The van der Waals surface area contributed by atoms with Crippen molar-refractivity contribution in [1.82, 2.24) is 25.3 Å². The average molecular weight is 815 g/mol. The van der Waals surface area contributed by atoms with E-state index in [1.807, 2.05) is 48.5 Å². The second-order valence-corrected chi connectivity index (χ2v) is 15.1. The van der Waals surface area contributed by atoms with Crippen molar-refractivity contribution in [3.05, 3.63) is 119 Å². The number of piperidine rings is 1. The van der Waals surface area contributed by atoms with Gasteiger partial charge in [-0.1, -0.05) is 49.4 Å². The first-order valence-corrected chi connectivity index (χ1v) is 20.4. The molecule has 5 N–H and O–H groups in total. The van der Waals surface area contributed by atoms with E-state index in [4.69, 9.17) is 4.74 Å². The van der Waals surface area contributed by atoms with Crippen LogP contribution in [-0.4, -0.2) is 119 Å². The number of nitrogens with zero attached hydrogens (tertiary/aromatic N) is 3. The van der Waals surface area contributed by atoms with E-state index in [9.17, 15) is 34.2 Å². The number of carbonyl (C=O) groups is 5. The summed E-state index contributed by atoms with van der Waals surface area (Å²) in [4.78, 5) is 68.8. The Bertz CT molecular complexity index is 2250. The number of aromatic hydroxyl groups is 2. The van der Waals surface area contributed by atoms with Gasteiger partial charge in [0.2, 0.25) is 17.7 Å². The number of phenolic OH excluding ortho intramolecular Hbond substituents is 2.